The summed E-state index contributed by atoms with van der Waals surface area (Å²) in [5.41, 5.74) is 0. The third-order valence-electron chi connectivity index (χ3n) is 4.76. The van der Waals surface area contributed by atoms with E-state index in [4.69, 9.17) is 23.2 Å². The average Bonchev–Trinajstić information content (AvgIpc) is 2.46. The minimum atomic E-state index is -0.735. The first-order valence-corrected chi connectivity index (χ1v) is 8.96. The number of alkyl halides is 2. The van der Waals surface area contributed by atoms with Crippen LogP contribution in [0.1, 0.15) is 25.7 Å². The van der Waals surface area contributed by atoms with Crippen LogP contribution < -0.4 is 5.32 Å². The minimum Gasteiger partial charge on any atom is -0.313 e. The quantitative estimate of drug-likeness (QED) is 0.386. The van der Waals surface area contributed by atoms with Crippen molar-refractivity contribution in [1.82, 2.24) is 20.0 Å². The van der Waals surface area contributed by atoms with Crippen LogP contribution in [-0.2, 0) is 17.1 Å². The fourth-order valence-corrected chi connectivity index (χ4v) is 3.68. The first-order valence-electron chi connectivity index (χ1n) is 8.21. The van der Waals surface area contributed by atoms with E-state index in [1.54, 1.807) is 0 Å². The molecule has 2 rings (SSSR count). The van der Waals surface area contributed by atoms with Crippen molar-refractivity contribution in [2.24, 2.45) is 0 Å². The standard InChI is InChI=1S/C15H30Cl2N4.Mn/c1-19-8-3-9-21-11-5-14(4-10-19)18-7-13-20(2)12-6-15(21,16)17;/h14,18H,3-13H2,1-2H3;/q;+2. The molecule has 0 aromatic rings. The van der Waals surface area contributed by atoms with E-state index in [1.165, 1.54) is 13.0 Å². The van der Waals surface area contributed by atoms with Gasteiger partial charge in [0, 0.05) is 45.2 Å². The Bertz CT molecular complexity index is 320. The monoisotopic (exact) mass is 391 g/mol. The summed E-state index contributed by atoms with van der Waals surface area (Å²) in [5.74, 6) is 0. The molecule has 2 heterocycles. The van der Waals surface area contributed by atoms with Crippen LogP contribution in [0.15, 0.2) is 0 Å². The summed E-state index contributed by atoms with van der Waals surface area (Å²) in [4.78, 5) is 7.02. The molecular weight excluding hydrogens is 362 g/mol. The van der Waals surface area contributed by atoms with Gasteiger partial charge < -0.3 is 15.1 Å². The van der Waals surface area contributed by atoms with Crippen molar-refractivity contribution >= 4 is 23.2 Å². The molecule has 0 aromatic carbocycles. The van der Waals surface area contributed by atoms with Gasteiger partial charge in [0.2, 0.25) is 0 Å². The fourth-order valence-electron chi connectivity index (χ4n) is 3.17. The van der Waals surface area contributed by atoms with Crippen LogP contribution in [0.5, 0.6) is 0 Å². The molecule has 0 amide bonds. The van der Waals surface area contributed by atoms with Gasteiger partial charge >= 0.3 is 17.1 Å². The van der Waals surface area contributed by atoms with Gasteiger partial charge in [0.05, 0.1) is 0 Å². The van der Waals surface area contributed by atoms with Crippen molar-refractivity contribution in [3.8, 4) is 0 Å². The molecule has 2 bridgehead atoms. The zero-order valence-electron chi connectivity index (χ0n) is 13.8. The summed E-state index contributed by atoms with van der Waals surface area (Å²) in [6.45, 7) is 7.29. The largest absolute Gasteiger partial charge is 2.00 e. The summed E-state index contributed by atoms with van der Waals surface area (Å²) in [5, 5.41) is 3.72. The number of fused-ring (bicyclic) bond motifs is 3. The van der Waals surface area contributed by atoms with E-state index in [1.807, 2.05) is 0 Å². The maximum atomic E-state index is 6.67. The predicted octanol–water partition coefficient (Wildman–Crippen LogP) is 1.83. The maximum Gasteiger partial charge on any atom is 2.00 e. The molecule has 2 unspecified atom stereocenters. The molecule has 2 saturated heterocycles. The summed E-state index contributed by atoms with van der Waals surface area (Å²) in [6, 6.07) is 0.559. The topological polar surface area (TPSA) is 21.8 Å². The number of rotatable bonds is 0. The van der Waals surface area contributed by atoms with E-state index in [-0.39, 0.29) is 17.1 Å². The molecule has 0 saturated carbocycles. The van der Waals surface area contributed by atoms with Crippen molar-refractivity contribution in [1.29, 1.82) is 0 Å². The third-order valence-corrected chi connectivity index (χ3v) is 5.61. The number of nitrogens with zero attached hydrogens (tertiary/aromatic N) is 3. The summed E-state index contributed by atoms with van der Waals surface area (Å²) < 4.78 is -0.735. The second-order valence-electron chi connectivity index (χ2n) is 6.59. The summed E-state index contributed by atoms with van der Waals surface area (Å²) in [6.07, 6.45) is 4.25. The second kappa shape index (κ2) is 10.0. The first-order chi connectivity index (χ1) is 9.97. The molecule has 1 radical (unpaired) electrons. The zero-order chi connectivity index (χ0) is 15.3. The number of likely N-dealkylation sites (N-methyl/N-ethyl adjacent to an activating group) is 1. The normalized spacial score (nSPS) is 32.7. The summed E-state index contributed by atoms with van der Waals surface area (Å²) >= 11 is 13.3. The second-order valence-corrected chi connectivity index (χ2v) is 8.04. The van der Waals surface area contributed by atoms with Crippen molar-refractivity contribution in [3.05, 3.63) is 0 Å². The van der Waals surface area contributed by atoms with Gasteiger partial charge in [-0.3, -0.25) is 4.90 Å². The van der Waals surface area contributed by atoms with Gasteiger partial charge in [0.15, 0.2) is 4.46 Å². The van der Waals surface area contributed by atoms with Gasteiger partial charge in [-0.1, -0.05) is 23.2 Å². The van der Waals surface area contributed by atoms with Crippen molar-refractivity contribution in [2.75, 3.05) is 59.9 Å². The fraction of sp³-hybridized carbons (Fsp3) is 1.00. The molecule has 129 valence electrons. The van der Waals surface area contributed by atoms with Gasteiger partial charge in [0.25, 0.3) is 0 Å². The molecule has 4 nitrogen and oxygen atoms in total. The first kappa shape index (κ1) is 21.0. The number of halogens is 2. The minimum absolute atomic E-state index is 0. The van der Waals surface area contributed by atoms with Crippen LogP contribution in [0.2, 0.25) is 0 Å². The van der Waals surface area contributed by atoms with Crippen molar-refractivity contribution in [2.45, 2.75) is 36.2 Å². The Morgan fingerprint density at radius 3 is 2.36 bits per heavy atom. The Labute approximate surface area is 156 Å². The van der Waals surface area contributed by atoms with Crippen LogP contribution in [-0.4, -0.2) is 85.1 Å². The molecular formula is C15H30Cl2MnN4+2. The van der Waals surface area contributed by atoms with Crippen LogP contribution in [0.4, 0.5) is 0 Å². The molecule has 0 aliphatic carbocycles. The van der Waals surface area contributed by atoms with Gasteiger partial charge in [-0.05, 0) is 46.4 Å². The van der Waals surface area contributed by atoms with E-state index < -0.39 is 4.46 Å². The van der Waals surface area contributed by atoms with Gasteiger partial charge in [-0.15, -0.1) is 0 Å². The average molecular weight is 392 g/mol. The van der Waals surface area contributed by atoms with E-state index in [0.29, 0.717) is 6.04 Å². The number of hydrogen-bond donors (Lipinski definition) is 1. The van der Waals surface area contributed by atoms with Crippen molar-refractivity contribution < 1.29 is 17.1 Å². The van der Waals surface area contributed by atoms with E-state index >= 15 is 0 Å². The Kier molecular flexibility index (Phi) is 9.58. The molecule has 0 aromatic heterocycles. The van der Waals surface area contributed by atoms with Gasteiger partial charge in [-0.2, -0.15) is 0 Å². The smallest absolute Gasteiger partial charge is 0.313 e. The Morgan fingerprint density at radius 2 is 1.59 bits per heavy atom. The zero-order valence-corrected chi connectivity index (χ0v) is 16.5. The number of nitrogens with one attached hydrogen (secondary N) is 1. The van der Waals surface area contributed by atoms with Crippen LogP contribution in [0.25, 0.3) is 0 Å². The third kappa shape index (κ3) is 6.82. The molecule has 2 atom stereocenters. The van der Waals surface area contributed by atoms with Crippen LogP contribution >= 0.6 is 23.2 Å². The molecule has 22 heavy (non-hydrogen) atoms. The SMILES string of the molecule is CN1CCCN2CCC(CC1)NCCN(C)CCC2(Cl)Cl.[Mn+2]. The summed E-state index contributed by atoms with van der Waals surface area (Å²) in [7, 11) is 4.36. The molecule has 7 heteroatoms. The van der Waals surface area contributed by atoms with E-state index in [9.17, 15) is 0 Å². The Balaban J connectivity index is 0.00000242. The van der Waals surface area contributed by atoms with Gasteiger partial charge in [0.1, 0.15) is 0 Å². The molecule has 2 fully saturated rings. The van der Waals surface area contributed by atoms with Crippen LogP contribution in [0, 0.1) is 0 Å². The van der Waals surface area contributed by atoms with Gasteiger partial charge in [-0.25, -0.2) is 0 Å². The van der Waals surface area contributed by atoms with Crippen LogP contribution in [0.3, 0.4) is 0 Å². The Hall–Kier alpha value is 0.939. The van der Waals surface area contributed by atoms with Crippen molar-refractivity contribution in [3.63, 3.8) is 0 Å². The maximum absolute atomic E-state index is 6.67. The molecule has 0 spiro atoms. The number of hydrogen-bond acceptors (Lipinski definition) is 4. The Morgan fingerprint density at radius 1 is 0.909 bits per heavy atom. The molecule has 1 N–H and O–H groups in total. The molecule has 2 aliphatic heterocycles. The van der Waals surface area contributed by atoms with E-state index in [0.717, 1.165) is 58.5 Å². The molecule has 2 aliphatic rings. The van der Waals surface area contributed by atoms with E-state index in [2.05, 4.69) is 34.1 Å². The predicted molar refractivity (Wildman–Crippen MR) is 91.3 cm³/mol.